The lowest BCUT2D eigenvalue weighted by Crippen LogP contribution is -2.35. The predicted octanol–water partition coefficient (Wildman–Crippen LogP) is 1.45. The number of amides is 1. The van der Waals surface area contributed by atoms with Gasteiger partial charge in [0, 0.05) is 6.54 Å². The van der Waals surface area contributed by atoms with Crippen molar-refractivity contribution in [2.24, 2.45) is 5.73 Å². The summed E-state index contributed by atoms with van der Waals surface area (Å²) in [6.45, 7) is 2.54. The fourth-order valence-electron chi connectivity index (χ4n) is 2.06. The number of carbonyl (C=O) groups excluding carboxylic acids is 1. The molecule has 0 bridgehead atoms. The Morgan fingerprint density at radius 3 is 2.88 bits per heavy atom. The SMILES string of the molecule is CC(c1cccc(F)c1)N1CCC(N)C1=O. The number of likely N-dealkylation sites (tertiary alicyclic amines) is 1. The smallest absolute Gasteiger partial charge is 0.240 e. The van der Waals surface area contributed by atoms with Crippen LogP contribution in [0.2, 0.25) is 0 Å². The number of nitrogens with two attached hydrogens (primary N) is 1. The van der Waals surface area contributed by atoms with Crippen LogP contribution in [0, 0.1) is 5.82 Å². The van der Waals surface area contributed by atoms with Gasteiger partial charge in [0.25, 0.3) is 0 Å². The summed E-state index contributed by atoms with van der Waals surface area (Å²) in [5.41, 5.74) is 6.46. The fraction of sp³-hybridized carbons (Fsp3) is 0.417. The highest BCUT2D eigenvalue weighted by Gasteiger charge is 2.32. The molecular weight excluding hydrogens is 207 g/mol. The molecule has 1 aliphatic heterocycles. The van der Waals surface area contributed by atoms with Crippen molar-refractivity contribution in [3.8, 4) is 0 Å². The highest BCUT2D eigenvalue weighted by Crippen LogP contribution is 2.25. The van der Waals surface area contributed by atoms with Crippen LogP contribution in [0.25, 0.3) is 0 Å². The van der Waals surface area contributed by atoms with Crippen molar-refractivity contribution in [2.75, 3.05) is 6.54 Å². The number of carbonyl (C=O) groups is 1. The zero-order chi connectivity index (χ0) is 11.7. The number of benzene rings is 1. The van der Waals surface area contributed by atoms with Crippen molar-refractivity contribution < 1.29 is 9.18 Å². The van der Waals surface area contributed by atoms with Crippen LogP contribution >= 0.6 is 0 Å². The summed E-state index contributed by atoms with van der Waals surface area (Å²) < 4.78 is 13.1. The van der Waals surface area contributed by atoms with Crippen LogP contribution in [0.15, 0.2) is 24.3 Å². The van der Waals surface area contributed by atoms with Gasteiger partial charge >= 0.3 is 0 Å². The normalized spacial score (nSPS) is 22.6. The zero-order valence-electron chi connectivity index (χ0n) is 9.19. The minimum absolute atomic E-state index is 0.0447. The van der Waals surface area contributed by atoms with Crippen LogP contribution in [0.3, 0.4) is 0 Å². The molecule has 1 amide bonds. The summed E-state index contributed by atoms with van der Waals surface area (Å²) in [4.78, 5) is 13.4. The first-order valence-corrected chi connectivity index (χ1v) is 5.41. The van der Waals surface area contributed by atoms with E-state index in [1.165, 1.54) is 12.1 Å². The quantitative estimate of drug-likeness (QED) is 0.823. The summed E-state index contributed by atoms with van der Waals surface area (Å²) in [7, 11) is 0. The Morgan fingerprint density at radius 1 is 1.56 bits per heavy atom. The third-order valence-electron chi connectivity index (χ3n) is 3.08. The summed E-state index contributed by atoms with van der Waals surface area (Å²) >= 11 is 0. The van der Waals surface area contributed by atoms with Gasteiger partial charge in [-0.3, -0.25) is 4.79 Å². The van der Waals surface area contributed by atoms with Gasteiger partial charge in [-0.25, -0.2) is 4.39 Å². The molecule has 2 unspecified atom stereocenters. The third kappa shape index (κ3) is 1.93. The average molecular weight is 222 g/mol. The van der Waals surface area contributed by atoms with Crippen molar-refractivity contribution in [1.29, 1.82) is 0 Å². The Hall–Kier alpha value is -1.42. The molecule has 16 heavy (non-hydrogen) atoms. The van der Waals surface area contributed by atoms with Crippen LogP contribution in [0.1, 0.15) is 24.9 Å². The third-order valence-corrected chi connectivity index (χ3v) is 3.08. The second kappa shape index (κ2) is 4.22. The molecule has 1 aromatic carbocycles. The van der Waals surface area contributed by atoms with Crippen LogP contribution in [0.5, 0.6) is 0 Å². The molecule has 1 aliphatic rings. The molecular formula is C12H15FN2O. The van der Waals surface area contributed by atoms with Gasteiger partial charge in [-0.2, -0.15) is 0 Å². The molecule has 2 rings (SSSR count). The minimum Gasteiger partial charge on any atom is -0.335 e. The van der Waals surface area contributed by atoms with E-state index in [1.54, 1.807) is 11.0 Å². The highest BCUT2D eigenvalue weighted by molar-refractivity contribution is 5.84. The summed E-state index contributed by atoms with van der Waals surface area (Å²) in [5, 5.41) is 0. The molecule has 1 fully saturated rings. The minimum atomic E-state index is -0.393. The maximum absolute atomic E-state index is 13.1. The summed E-state index contributed by atoms with van der Waals surface area (Å²) in [6.07, 6.45) is 0.679. The lowest BCUT2D eigenvalue weighted by molar-refractivity contribution is -0.130. The second-order valence-corrected chi connectivity index (χ2v) is 4.16. The first kappa shape index (κ1) is 11.1. The van der Waals surface area contributed by atoms with E-state index in [0.29, 0.717) is 13.0 Å². The van der Waals surface area contributed by atoms with E-state index < -0.39 is 6.04 Å². The van der Waals surface area contributed by atoms with Crippen LogP contribution in [0.4, 0.5) is 4.39 Å². The molecule has 2 atom stereocenters. The average Bonchev–Trinajstić information content (AvgIpc) is 2.59. The van der Waals surface area contributed by atoms with E-state index in [-0.39, 0.29) is 17.8 Å². The van der Waals surface area contributed by atoms with Crippen molar-refractivity contribution in [1.82, 2.24) is 4.90 Å². The van der Waals surface area contributed by atoms with E-state index >= 15 is 0 Å². The maximum atomic E-state index is 13.1. The van der Waals surface area contributed by atoms with Crippen LogP contribution in [-0.4, -0.2) is 23.4 Å². The second-order valence-electron chi connectivity index (χ2n) is 4.16. The molecule has 4 heteroatoms. The van der Waals surface area contributed by atoms with E-state index in [2.05, 4.69) is 0 Å². The Morgan fingerprint density at radius 2 is 2.31 bits per heavy atom. The lowest BCUT2D eigenvalue weighted by Gasteiger charge is -2.24. The molecule has 1 aromatic rings. The fourth-order valence-corrected chi connectivity index (χ4v) is 2.06. The van der Waals surface area contributed by atoms with Gasteiger partial charge in [0.2, 0.25) is 5.91 Å². The van der Waals surface area contributed by atoms with Gasteiger partial charge in [-0.15, -0.1) is 0 Å². The van der Waals surface area contributed by atoms with Crippen molar-refractivity contribution in [3.63, 3.8) is 0 Å². The largest absolute Gasteiger partial charge is 0.335 e. The molecule has 1 heterocycles. The van der Waals surface area contributed by atoms with E-state index in [0.717, 1.165) is 5.56 Å². The van der Waals surface area contributed by atoms with Gasteiger partial charge in [0.1, 0.15) is 5.82 Å². The zero-order valence-corrected chi connectivity index (χ0v) is 9.19. The van der Waals surface area contributed by atoms with E-state index in [1.807, 2.05) is 13.0 Å². The first-order chi connectivity index (χ1) is 7.59. The van der Waals surface area contributed by atoms with Gasteiger partial charge in [0.05, 0.1) is 12.1 Å². The number of halogens is 1. The first-order valence-electron chi connectivity index (χ1n) is 5.41. The van der Waals surface area contributed by atoms with Crippen molar-refractivity contribution in [2.45, 2.75) is 25.4 Å². The Bertz CT molecular complexity index is 408. The Labute approximate surface area is 94.0 Å². The van der Waals surface area contributed by atoms with Crippen LogP contribution in [-0.2, 0) is 4.79 Å². The monoisotopic (exact) mass is 222 g/mol. The van der Waals surface area contributed by atoms with Gasteiger partial charge in [-0.1, -0.05) is 12.1 Å². The number of nitrogens with zero attached hydrogens (tertiary/aromatic N) is 1. The standard InChI is InChI=1S/C12H15FN2O/c1-8(9-3-2-4-10(13)7-9)15-6-5-11(14)12(15)16/h2-4,7-8,11H,5-6,14H2,1H3. The Balaban J connectivity index is 2.19. The molecule has 0 radical (unpaired) electrons. The Kier molecular flexibility index (Phi) is 2.92. The number of hydrogen-bond donors (Lipinski definition) is 1. The number of hydrogen-bond acceptors (Lipinski definition) is 2. The molecule has 2 N–H and O–H groups in total. The summed E-state index contributed by atoms with van der Waals surface area (Å²) in [5.74, 6) is -0.322. The highest BCUT2D eigenvalue weighted by atomic mass is 19.1. The number of rotatable bonds is 2. The topological polar surface area (TPSA) is 46.3 Å². The predicted molar refractivity (Wildman–Crippen MR) is 59.1 cm³/mol. The molecule has 3 nitrogen and oxygen atoms in total. The van der Waals surface area contributed by atoms with Gasteiger partial charge in [0.15, 0.2) is 0 Å². The molecule has 0 aliphatic carbocycles. The van der Waals surface area contributed by atoms with Crippen molar-refractivity contribution in [3.05, 3.63) is 35.6 Å². The lowest BCUT2D eigenvalue weighted by atomic mass is 10.1. The molecule has 0 spiro atoms. The van der Waals surface area contributed by atoms with E-state index in [9.17, 15) is 9.18 Å². The van der Waals surface area contributed by atoms with Gasteiger partial charge < -0.3 is 10.6 Å². The molecule has 1 saturated heterocycles. The molecule has 0 aromatic heterocycles. The van der Waals surface area contributed by atoms with Crippen molar-refractivity contribution >= 4 is 5.91 Å². The van der Waals surface area contributed by atoms with Crippen LogP contribution < -0.4 is 5.73 Å². The van der Waals surface area contributed by atoms with Gasteiger partial charge in [-0.05, 0) is 31.0 Å². The maximum Gasteiger partial charge on any atom is 0.240 e. The summed E-state index contributed by atoms with van der Waals surface area (Å²) in [6, 6.07) is 5.83. The van der Waals surface area contributed by atoms with E-state index in [4.69, 9.17) is 5.73 Å². The molecule has 86 valence electrons. The molecule has 0 saturated carbocycles.